The number of ether oxygens (including phenoxy) is 1. The number of carbonyl (C=O) groups is 2. The van der Waals surface area contributed by atoms with Crippen molar-refractivity contribution in [1.82, 2.24) is 20.2 Å². The predicted molar refractivity (Wildman–Crippen MR) is 129 cm³/mol. The summed E-state index contributed by atoms with van der Waals surface area (Å²) in [6.07, 6.45) is -1.74. The van der Waals surface area contributed by atoms with Gasteiger partial charge in [-0.15, -0.1) is 0 Å². The van der Waals surface area contributed by atoms with Gasteiger partial charge >= 0.3 is 6.18 Å². The van der Waals surface area contributed by atoms with Crippen LogP contribution < -0.4 is 15.8 Å². The molecule has 12 heteroatoms. The van der Waals surface area contributed by atoms with Crippen LogP contribution in [-0.2, 0) is 11.0 Å². The molecule has 1 aliphatic heterocycles. The van der Waals surface area contributed by atoms with E-state index in [1.807, 2.05) is 0 Å². The van der Waals surface area contributed by atoms with Gasteiger partial charge in [-0.3, -0.25) is 9.59 Å². The van der Waals surface area contributed by atoms with E-state index in [1.165, 1.54) is 19.2 Å². The zero-order chi connectivity index (χ0) is 26.9. The maximum atomic E-state index is 13.3. The second kappa shape index (κ2) is 10.4. The van der Waals surface area contributed by atoms with Gasteiger partial charge in [0.15, 0.2) is 11.5 Å². The maximum absolute atomic E-state index is 13.3. The van der Waals surface area contributed by atoms with E-state index in [2.05, 4.69) is 15.3 Å². The Bertz CT molecular complexity index is 1320. The van der Waals surface area contributed by atoms with Crippen LogP contribution in [0.15, 0.2) is 28.7 Å². The molecule has 1 fully saturated rings. The van der Waals surface area contributed by atoms with Gasteiger partial charge in [0.05, 0.1) is 13.2 Å². The number of pyridine rings is 1. The number of fused-ring (bicyclic) bond motifs is 1. The fraction of sp³-hybridized carbons (Fsp3) is 0.440. The fourth-order valence-electron chi connectivity index (χ4n) is 4.33. The molecule has 37 heavy (non-hydrogen) atoms. The number of aromatic nitrogens is 2. The van der Waals surface area contributed by atoms with Gasteiger partial charge in [-0.2, -0.15) is 13.2 Å². The molecule has 4 rings (SSSR count). The molecule has 3 N–H and O–H groups in total. The summed E-state index contributed by atoms with van der Waals surface area (Å²) in [6, 6.07) is 3.57. The van der Waals surface area contributed by atoms with Crippen molar-refractivity contribution >= 4 is 22.7 Å². The Kier molecular flexibility index (Phi) is 7.39. The molecule has 9 nitrogen and oxygen atoms in total. The van der Waals surface area contributed by atoms with Gasteiger partial charge in [0.25, 0.3) is 5.91 Å². The fourth-order valence-corrected chi connectivity index (χ4v) is 4.33. The van der Waals surface area contributed by atoms with Crippen LogP contribution in [0.3, 0.4) is 0 Å². The molecule has 0 spiro atoms. The number of benzene rings is 1. The number of amides is 2. The van der Waals surface area contributed by atoms with Crippen molar-refractivity contribution in [3.8, 4) is 17.2 Å². The van der Waals surface area contributed by atoms with Crippen molar-refractivity contribution in [2.45, 2.75) is 51.4 Å². The highest BCUT2D eigenvalue weighted by Crippen LogP contribution is 2.37. The Hall–Kier alpha value is -3.67. The summed E-state index contributed by atoms with van der Waals surface area (Å²) in [5, 5.41) is 2.95. The lowest BCUT2D eigenvalue weighted by Crippen LogP contribution is -2.48. The minimum atomic E-state index is -4.64. The van der Waals surface area contributed by atoms with Crippen LogP contribution in [0.1, 0.15) is 61.1 Å². The molecule has 1 saturated heterocycles. The third kappa shape index (κ3) is 5.38. The normalized spacial score (nSPS) is 15.9. The molecule has 0 bridgehead atoms. The number of methoxy groups -OCH3 is 1. The van der Waals surface area contributed by atoms with E-state index in [-0.39, 0.29) is 39.9 Å². The minimum Gasteiger partial charge on any atom is -0.494 e. The summed E-state index contributed by atoms with van der Waals surface area (Å²) in [5.74, 6) is -0.648. The first-order valence-corrected chi connectivity index (χ1v) is 11.9. The highest BCUT2D eigenvalue weighted by Gasteiger charge is 2.33. The van der Waals surface area contributed by atoms with Gasteiger partial charge in [0.1, 0.15) is 23.0 Å². The lowest BCUT2D eigenvalue weighted by Gasteiger charge is -2.29. The number of hydrogen-bond donors (Lipinski definition) is 2. The van der Waals surface area contributed by atoms with Crippen LogP contribution >= 0.6 is 0 Å². The van der Waals surface area contributed by atoms with Crippen LogP contribution in [0.2, 0.25) is 0 Å². The number of rotatable bonds is 6. The molecule has 0 saturated carbocycles. The van der Waals surface area contributed by atoms with E-state index in [1.54, 1.807) is 24.8 Å². The summed E-state index contributed by atoms with van der Waals surface area (Å²) in [6.45, 7) is 4.49. The first kappa shape index (κ1) is 26.4. The molecule has 198 valence electrons. The van der Waals surface area contributed by atoms with Crippen molar-refractivity contribution in [1.29, 1.82) is 0 Å². The molecular formula is C25H28F3N5O4. The predicted octanol–water partition coefficient (Wildman–Crippen LogP) is 4.07. The van der Waals surface area contributed by atoms with Gasteiger partial charge < -0.3 is 25.1 Å². The average molecular weight is 520 g/mol. The molecule has 1 aliphatic rings. The van der Waals surface area contributed by atoms with Gasteiger partial charge in [-0.1, -0.05) is 0 Å². The molecule has 0 radical (unpaired) electrons. The average Bonchev–Trinajstić information content (AvgIpc) is 3.33. The van der Waals surface area contributed by atoms with E-state index < -0.39 is 29.9 Å². The highest BCUT2D eigenvalue weighted by molar-refractivity contribution is 5.99. The quantitative estimate of drug-likeness (QED) is 0.503. The van der Waals surface area contributed by atoms with Gasteiger partial charge in [0, 0.05) is 24.0 Å². The van der Waals surface area contributed by atoms with Crippen molar-refractivity contribution in [2.24, 2.45) is 5.73 Å². The largest absolute Gasteiger partial charge is 0.494 e. The summed E-state index contributed by atoms with van der Waals surface area (Å²) >= 11 is 0. The molecule has 2 atom stereocenters. The molecule has 1 aromatic carbocycles. The van der Waals surface area contributed by atoms with Crippen molar-refractivity contribution < 1.29 is 31.9 Å². The Labute approximate surface area is 211 Å². The number of carbonyl (C=O) groups excluding carboxylic acids is 2. The van der Waals surface area contributed by atoms with Crippen molar-refractivity contribution in [3.63, 3.8) is 0 Å². The number of nitrogens with one attached hydrogen (secondary N) is 1. The highest BCUT2D eigenvalue weighted by atomic mass is 19.4. The number of nitrogens with zero attached hydrogens (tertiary/aromatic N) is 3. The zero-order valence-electron chi connectivity index (χ0n) is 20.7. The zero-order valence-corrected chi connectivity index (χ0v) is 20.7. The van der Waals surface area contributed by atoms with Crippen LogP contribution in [0.5, 0.6) is 5.75 Å². The number of piperidine rings is 1. The van der Waals surface area contributed by atoms with Crippen LogP contribution in [0, 0.1) is 0 Å². The standard InChI is InChI=1S/C25H28F3N5O4/c1-13(29)21-20(22(34)30-14(2)24(35)33-11-5-4-6-12-33)32-23(37-21)16-7-9-17(36-3)19-15(16)8-10-18(31-19)25(26,27)28/h7-10,13-14H,4-6,11-12,29H2,1-3H3,(H,30,34)/t13-,14+/m0/s1. The number of oxazole rings is 1. The number of nitrogens with two attached hydrogens (primary N) is 1. The summed E-state index contributed by atoms with van der Waals surface area (Å²) in [5.41, 5.74) is 5.11. The second-order valence-corrected chi connectivity index (χ2v) is 9.01. The Balaban J connectivity index is 1.69. The topological polar surface area (TPSA) is 124 Å². The van der Waals surface area contributed by atoms with E-state index >= 15 is 0 Å². The number of likely N-dealkylation sites (tertiary alicyclic amines) is 1. The number of halogens is 3. The van der Waals surface area contributed by atoms with Crippen molar-refractivity contribution in [3.05, 3.63) is 41.4 Å². The summed E-state index contributed by atoms with van der Waals surface area (Å²) in [4.78, 5) is 35.7. The Morgan fingerprint density at radius 1 is 1.11 bits per heavy atom. The number of alkyl halides is 3. The van der Waals surface area contributed by atoms with Gasteiger partial charge in [-0.25, -0.2) is 9.97 Å². The first-order valence-electron chi connectivity index (χ1n) is 11.9. The molecule has 2 aromatic heterocycles. The SMILES string of the molecule is COc1ccc(-c2nc(C(=O)N[C@H](C)C(=O)N3CCCCC3)c([C@H](C)N)o2)c2ccc(C(F)(F)F)nc12. The lowest BCUT2D eigenvalue weighted by molar-refractivity contribution is -0.141. The van der Waals surface area contributed by atoms with Gasteiger partial charge in [0.2, 0.25) is 11.8 Å². The molecular weight excluding hydrogens is 491 g/mol. The Morgan fingerprint density at radius 2 is 1.81 bits per heavy atom. The molecule has 3 aromatic rings. The lowest BCUT2D eigenvalue weighted by atomic mass is 10.1. The number of hydrogen-bond acceptors (Lipinski definition) is 7. The smallest absolute Gasteiger partial charge is 0.433 e. The monoisotopic (exact) mass is 519 g/mol. The van der Waals surface area contributed by atoms with Crippen molar-refractivity contribution in [2.75, 3.05) is 20.2 Å². The molecule has 3 heterocycles. The third-order valence-corrected chi connectivity index (χ3v) is 6.23. The minimum absolute atomic E-state index is 0.0262. The van der Waals surface area contributed by atoms with Crippen LogP contribution in [0.4, 0.5) is 13.2 Å². The van der Waals surface area contributed by atoms with Gasteiger partial charge in [-0.05, 0) is 57.4 Å². The van der Waals surface area contributed by atoms with E-state index in [4.69, 9.17) is 14.9 Å². The van der Waals surface area contributed by atoms with Crippen LogP contribution in [0.25, 0.3) is 22.4 Å². The van der Waals surface area contributed by atoms with E-state index in [0.29, 0.717) is 18.7 Å². The molecule has 2 amide bonds. The Morgan fingerprint density at radius 3 is 2.43 bits per heavy atom. The molecule has 0 aliphatic carbocycles. The van der Waals surface area contributed by atoms with E-state index in [9.17, 15) is 22.8 Å². The summed E-state index contributed by atoms with van der Waals surface area (Å²) in [7, 11) is 1.32. The summed E-state index contributed by atoms with van der Waals surface area (Å²) < 4.78 is 50.9. The maximum Gasteiger partial charge on any atom is 0.433 e. The molecule has 0 unspecified atom stereocenters. The van der Waals surface area contributed by atoms with E-state index in [0.717, 1.165) is 25.3 Å². The first-order chi connectivity index (χ1) is 17.5. The van der Waals surface area contributed by atoms with Crippen LogP contribution in [-0.4, -0.2) is 52.9 Å². The third-order valence-electron chi connectivity index (χ3n) is 6.23. The second-order valence-electron chi connectivity index (χ2n) is 9.01.